The summed E-state index contributed by atoms with van der Waals surface area (Å²) in [5.74, 6) is 0.844. The maximum absolute atomic E-state index is 13.2. The zero-order valence-corrected chi connectivity index (χ0v) is 17.4. The van der Waals surface area contributed by atoms with Gasteiger partial charge in [0.2, 0.25) is 11.1 Å². The number of aromatic nitrogens is 3. The number of anilines is 1. The molecule has 0 unspecified atom stereocenters. The van der Waals surface area contributed by atoms with E-state index in [1.807, 2.05) is 59.3 Å². The van der Waals surface area contributed by atoms with Gasteiger partial charge < -0.3 is 10.7 Å². The lowest BCUT2D eigenvalue weighted by Crippen LogP contribution is -2.41. The minimum Gasteiger partial charge on any atom is -0.325 e. The van der Waals surface area contributed by atoms with Gasteiger partial charge in [-0.15, -0.1) is 10.2 Å². The van der Waals surface area contributed by atoms with Crippen LogP contribution in [-0.4, -0.2) is 26.0 Å². The maximum Gasteiger partial charge on any atom is 0.240 e. The van der Waals surface area contributed by atoms with Crippen LogP contribution >= 0.6 is 11.8 Å². The second-order valence-corrected chi connectivity index (χ2v) is 8.19. The van der Waals surface area contributed by atoms with Crippen LogP contribution in [0.3, 0.4) is 0 Å². The smallest absolute Gasteiger partial charge is 0.240 e. The Bertz CT molecular complexity index is 971. The van der Waals surface area contributed by atoms with Gasteiger partial charge in [0.15, 0.2) is 5.82 Å². The molecule has 2 N–H and O–H groups in total. The number of fused-ring (bicyclic) bond motifs is 1. The van der Waals surface area contributed by atoms with Gasteiger partial charge in [-0.3, -0.25) is 4.79 Å². The number of rotatable bonds is 6. The Morgan fingerprint density at radius 2 is 1.86 bits per heavy atom. The van der Waals surface area contributed by atoms with Crippen molar-refractivity contribution in [2.24, 2.45) is 0 Å². The van der Waals surface area contributed by atoms with E-state index in [4.69, 9.17) is 0 Å². The van der Waals surface area contributed by atoms with E-state index >= 15 is 0 Å². The van der Waals surface area contributed by atoms with Gasteiger partial charge in [-0.05, 0) is 36.1 Å². The van der Waals surface area contributed by atoms with Crippen molar-refractivity contribution in [2.45, 2.75) is 49.6 Å². The van der Waals surface area contributed by atoms with E-state index in [9.17, 15) is 4.79 Å². The van der Waals surface area contributed by atoms with Crippen molar-refractivity contribution in [3.63, 3.8) is 0 Å². The highest BCUT2D eigenvalue weighted by molar-refractivity contribution is 8.00. The number of carbonyl (C=O) groups is 1. The molecule has 6 nitrogen and oxygen atoms in total. The average Bonchev–Trinajstić information content (AvgIpc) is 3.16. The molecule has 0 bridgehead atoms. The van der Waals surface area contributed by atoms with Crippen LogP contribution in [0.2, 0.25) is 0 Å². The highest BCUT2D eigenvalue weighted by atomic mass is 32.2. The van der Waals surface area contributed by atoms with Crippen molar-refractivity contribution >= 4 is 23.4 Å². The molecule has 2 heterocycles. The Labute approximate surface area is 175 Å². The molecule has 0 aliphatic carbocycles. The molecule has 1 aliphatic rings. The molecule has 2 aromatic carbocycles. The van der Waals surface area contributed by atoms with Gasteiger partial charge in [0, 0.05) is 12.1 Å². The first-order chi connectivity index (χ1) is 14.2. The van der Waals surface area contributed by atoms with Crippen molar-refractivity contribution in [3.05, 3.63) is 71.5 Å². The fraction of sp³-hybridized carbons (Fsp3) is 0.318. The molecule has 1 aliphatic heterocycles. The Balaban J connectivity index is 1.62. The number of benzene rings is 2. The molecular formula is C22H25N5OS. The Morgan fingerprint density at radius 1 is 1.10 bits per heavy atom. The number of nitrogens with one attached hydrogen (secondary N) is 2. The number of aryl methyl sites for hydroxylation is 2. The molecule has 0 saturated heterocycles. The van der Waals surface area contributed by atoms with E-state index in [0.29, 0.717) is 0 Å². The molecule has 7 heteroatoms. The van der Waals surface area contributed by atoms with E-state index in [2.05, 4.69) is 34.8 Å². The van der Waals surface area contributed by atoms with Crippen molar-refractivity contribution in [2.75, 3.05) is 10.7 Å². The largest absolute Gasteiger partial charge is 0.325 e. The van der Waals surface area contributed by atoms with E-state index in [0.717, 1.165) is 41.5 Å². The van der Waals surface area contributed by atoms with Gasteiger partial charge >= 0.3 is 0 Å². The summed E-state index contributed by atoms with van der Waals surface area (Å²) in [6, 6.07) is 17.9. The zero-order valence-electron chi connectivity index (χ0n) is 16.6. The second-order valence-electron chi connectivity index (χ2n) is 7.08. The quantitative estimate of drug-likeness (QED) is 0.641. The molecule has 150 valence electrons. The van der Waals surface area contributed by atoms with Crippen molar-refractivity contribution in [3.8, 4) is 0 Å². The summed E-state index contributed by atoms with van der Waals surface area (Å²) in [5, 5.41) is 12.0. The van der Waals surface area contributed by atoms with Crippen LogP contribution in [-0.2, 0) is 17.6 Å². The molecule has 2 atom stereocenters. The zero-order chi connectivity index (χ0) is 20.2. The first kappa shape index (κ1) is 19.5. The summed E-state index contributed by atoms with van der Waals surface area (Å²) in [6.45, 7) is 4.23. The Hall–Kier alpha value is -2.80. The first-order valence-electron chi connectivity index (χ1n) is 10.0. The van der Waals surface area contributed by atoms with Gasteiger partial charge in [0.25, 0.3) is 0 Å². The van der Waals surface area contributed by atoms with Crippen LogP contribution in [0.4, 0.5) is 5.69 Å². The first-order valence-corrected chi connectivity index (χ1v) is 10.9. The summed E-state index contributed by atoms with van der Waals surface area (Å²) < 4.78 is 1.94. The topological polar surface area (TPSA) is 71.8 Å². The lowest BCUT2D eigenvalue weighted by molar-refractivity contribution is -0.116. The van der Waals surface area contributed by atoms with Crippen LogP contribution in [0.25, 0.3) is 0 Å². The van der Waals surface area contributed by atoms with E-state index in [1.165, 1.54) is 17.3 Å². The Kier molecular flexibility index (Phi) is 5.85. The number of hydrogen-bond acceptors (Lipinski definition) is 5. The summed E-state index contributed by atoms with van der Waals surface area (Å²) in [4.78, 5) is 13.2. The molecule has 3 aromatic rings. The highest BCUT2D eigenvalue weighted by Gasteiger charge is 2.37. The number of amides is 1. The fourth-order valence-corrected chi connectivity index (χ4v) is 4.53. The third kappa shape index (κ3) is 4.15. The molecule has 1 amide bonds. The lowest BCUT2D eigenvalue weighted by atomic mass is 10.0. The van der Waals surface area contributed by atoms with Gasteiger partial charge in [0.1, 0.15) is 5.25 Å². The minimum atomic E-state index is -0.366. The van der Waals surface area contributed by atoms with Gasteiger partial charge in [-0.2, -0.15) is 0 Å². The van der Waals surface area contributed by atoms with Crippen LogP contribution in [0, 0.1) is 0 Å². The average molecular weight is 408 g/mol. The van der Waals surface area contributed by atoms with Crippen LogP contribution < -0.4 is 10.7 Å². The highest BCUT2D eigenvalue weighted by Crippen LogP contribution is 2.37. The minimum absolute atomic E-state index is 0.0492. The molecule has 29 heavy (non-hydrogen) atoms. The molecular weight excluding hydrogens is 382 g/mol. The predicted octanol–water partition coefficient (Wildman–Crippen LogP) is 4.19. The molecule has 0 fully saturated rings. The van der Waals surface area contributed by atoms with E-state index in [-0.39, 0.29) is 17.2 Å². The number of hydrogen-bond donors (Lipinski definition) is 2. The van der Waals surface area contributed by atoms with E-state index < -0.39 is 0 Å². The monoisotopic (exact) mass is 407 g/mol. The maximum atomic E-state index is 13.2. The standard InChI is InChI=1S/C22H25N5OS/c1-3-8-18-24-25-22-27(18)26-19(16-9-6-5-7-10-16)20(29-22)21(28)23-17-13-11-15(4-2)12-14-17/h5-7,9-14,19-20,26H,3-4,8H2,1-2H3,(H,23,28)/t19-,20-/m0/s1. The number of thioether (sulfide) groups is 1. The van der Waals surface area contributed by atoms with Crippen molar-refractivity contribution in [1.82, 2.24) is 14.9 Å². The third-order valence-corrected chi connectivity index (χ3v) is 6.24. The van der Waals surface area contributed by atoms with Gasteiger partial charge in [-0.1, -0.05) is 68.1 Å². The SMILES string of the molecule is CCCc1nnc2n1N[C@@H](c1ccccc1)[C@@H](C(=O)Nc1ccc(CC)cc1)S2. The van der Waals surface area contributed by atoms with Gasteiger partial charge in [-0.25, -0.2) is 4.68 Å². The lowest BCUT2D eigenvalue weighted by Gasteiger charge is -2.33. The summed E-state index contributed by atoms with van der Waals surface area (Å²) in [5.41, 5.74) is 6.60. The third-order valence-electron chi connectivity index (χ3n) is 5.02. The Morgan fingerprint density at radius 3 is 2.55 bits per heavy atom. The van der Waals surface area contributed by atoms with Crippen molar-refractivity contribution < 1.29 is 4.79 Å². The predicted molar refractivity (Wildman–Crippen MR) is 117 cm³/mol. The summed E-state index contributed by atoms with van der Waals surface area (Å²) in [6.07, 6.45) is 2.79. The van der Waals surface area contributed by atoms with E-state index in [1.54, 1.807) is 0 Å². The molecule has 1 aromatic heterocycles. The molecule has 4 rings (SSSR count). The fourth-order valence-electron chi connectivity index (χ4n) is 3.43. The number of nitrogens with zero attached hydrogens (tertiary/aromatic N) is 3. The molecule has 0 saturated carbocycles. The summed E-state index contributed by atoms with van der Waals surface area (Å²) in [7, 11) is 0. The normalized spacial score (nSPS) is 18.0. The summed E-state index contributed by atoms with van der Waals surface area (Å²) >= 11 is 1.46. The molecule has 0 spiro atoms. The molecule has 0 radical (unpaired) electrons. The van der Waals surface area contributed by atoms with Crippen LogP contribution in [0.1, 0.15) is 43.3 Å². The van der Waals surface area contributed by atoms with Crippen LogP contribution in [0.5, 0.6) is 0 Å². The van der Waals surface area contributed by atoms with Gasteiger partial charge in [0.05, 0.1) is 6.04 Å². The van der Waals surface area contributed by atoms with Crippen LogP contribution in [0.15, 0.2) is 59.8 Å². The number of carbonyl (C=O) groups excluding carboxylic acids is 1. The second kappa shape index (κ2) is 8.69. The van der Waals surface area contributed by atoms with Crippen molar-refractivity contribution in [1.29, 1.82) is 0 Å².